The Morgan fingerprint density at radius 1 is 1.04 bits per heavy atom. The van der Waals surface area contributed by atoms with E-state index in [0.29, 0.717) is 12.2 Å². The molecule has 1 amide bonds. The van der Waals surface area contributed by atoms with Gasteiger partial charge in [-0.2, -0.15) is 5.10 Å². The molecule has 0 bridgehead atoms. The molecule has 0 spiro atoms. The molecule has 1 heterocycles. The van der Waals surface area contributed by atoms with Gasteiger partial charge in [-0.1, -0.05) is 54.6 Å². The van der Waals surface area contributed by atoms with Crippen molar-refractivity contribution in [2.45, 2.75) is 38.6 Å². The summed E-state index contributed by atoms with van der Waals surface area (Å²) >= 11 is 0. The van der Waals surface area contributed by atoms with Gasteiger partial charge in [-0.3, -0.25) is 9.48 Å². The second-order valence-corrected chi connectivity index (χ2v) is 7.95. The third-order valence-electron chi connectivity index (χ3n) is 5.38. The van der Waals surface area contributed by atoms with E-state index in [1.807, 2.05) is 35.0 Å². The van der Waals surface area contributed by atoms with E-state index in [2.05, 4.69) is 38.8 Å². The van der Waals surface area contributed by atoms with Crippen LogP contribution in [0.1, 0.15) is 45.7 Å². The Labute approximate surface area is 168 Å². The Kier molecular flexibility index (Phi) is 5.87. The molecule has 2 aromatic carbocycles. The summed E-state index contributed by atoms with van der Waals surface area (Å²) in [5.74, 6) is -0.0498. The van der Waals surface area contributed by atoms with Gasteiger partial charge in [0.05, 0.1) is 6.54 Å². The van der Waals surface area contributed by atoms with E-state index >= 15 is 0 Å². The lowest BCUT2D eigenvalue weighted by Gasteiger charge is -2.14. The second kappa shape index (κ2) is 8.70. The summed E-state index contributed by atoms with van der Waals surface area (Å²) < 4.78 is 2.04. The van der Waals surface area contributed by atoms with Crippen LogP contribution in [0.5, 0.6) is 0 Å². The fourth-order valence-corrected chi connectivity index (χ4v) is 4.25. The summed E-state index contributed by atoms with van der Waals surface area (Å²) in [5.41, 5.74) is 5.44. The summed E-state index contributed by atoms with van der Waals surface area (Å²) in [7, 11) is 2.76. The molecule has 0 saturated carbocycles. The molecular formula is C23H26N3OP. The molecule has 1 aliphatic carbocycles. The van der Waals surface area contributed by atoms with Crippen LogP contribution in [-0.2, 0) is 25.8 Å². The van der Waals surface area contributed by atoms with Crippen molar-refractivity contribution in [3.63, 3.8) is 0 Å². The van der Waals surface area contributed by atoms with Crippen molar-refractivity contribution < 1.29 is 4.79 Å². The highest BCUT2D eigenvalue weighted by Crippen LogP contribution is 2.25. The molecule has 1 aliphatic rings. The first-order valence-electron chi connectivity index (χ1n) is 9.96. The average Bonchev–Trinajstić information content (AvgIpc) is 3.09. The number of carbonyl (C=O) groups excluding carboxylic acids is 1. The quantitative estimate of drug-likeness (QED) is 0.656. The van der Waals surface area contributed by atoms with Crippen molar-refractivity contribution in [3.05, 3.63) is 82.7 Å². The summed E-state index contributed by atoms with van der Waals surface area (Å²) in [4.78, 5) is 12.9. The van der Waals surface area contributed by atoms with Crippen LogP contribution >= 0.6 is 9.24 Å². The van der Waals surface area contributed by atoms with Crippen molar-refractivity contribution >= 4 is 20.5 Å². The van der Waals surface area contributed by atoms with E-state index in [4.69, 9.17) is 5.10 Å². The van der Waals surface area contributed by atoms with Crippen LogP contribution in [0.3, 0.4) is 0 Å². The first-order valence-corrected chi connectivity index (χ1v) is 10.5. The van der Waals surface area contributed by atoms with Crippen LogP contribution in [0.25, 0.3) is 0 Å². The molecule has 1 unspecified atom stereocenters. The summed E-state index contributed by atoms with van der Waals surface area (Å²) in [6.45, 7) is 1.33. The highest BCUT2D eigenvalue weighted by Gasteiger charge is 2.24. The number of carbonyl (C=O) groups is 1. The van der Waals surface area contributed by atoms with Crippen LogP contribution in [0.15, 0.2) is 54.6 Å². The first kappa shape index (κ1) is 18.9. The zero-order valence-corrected chi connectivity index (χ0v) is 17.2. The van der Waals surface area contributed by atoms with Crippen molar-refractivity contribution in [2.75, 3.05) is 6.54 Å². The van der Waals surface area contributed by atoms with E-state index in [1.165, 1.54) is 28.5 Å². The number of benzene rings is 2. The van der Waals surface area contributed by atoms with Gasteiger partial charge in [0.2, 0.25) is 0 Å². The molecule has 4 nitrogen and oxygen atoms in total. The van der Waals surface area contributed by atoms with Gasteiger partial charge in [0.15, 0.2) is 5.69 Å². The smallest absolute Gasteiger partial charge is 0.272 e. The lowest BCUT2D eigenvalue weighted by Crippen LogP contribution is -2.28. The Balaban J connectivity index is 1.49. The summed E-state index contributed by atoms with van der Waals surface area (Å²) in [6, 6.07) is 18.6. The number of nitrogens with zero attached hydrogens (tertiary/aromatic N) is 2. The van der Waals surface area contributed by atoms with Gasteiger partial charge in [0, 0.05) is 17.8 Å². The fourth-order valence-electron chi connectivity index (χ4n) is 3.90. The minimum atomic E-state index is -0.0498. The fraction of sp³-hybridized carbons (Fsp3) is 0.304. The van der Waals surface area contributed by atoms with E-state index in [9.17, 15) is 4.79 Å². The summed E-state index contributed by atoms with van der Waals surface area (Å²) in [5, 5.41) is 8.99. The molecule has 5 heteroatoms. The van der Waals surface area contributed by atoms with Gasteiger partial charge in [-0.15, -0.1) is 9.24 Å². The van der Waals surface area contributed by atoms with Crippen LogP contribution in [0.4, 0.5) is 0 Å². The van der Waals surface area contributed by atoms with Crippen LogP contribution in [0, 0.1) is 0 Å². The standard InChI is InChI=1S/C23H26N3OP/c27-23(24-15-14-18-10-4-7-13-21(18)28)22-19-11-5-6-12-20(19)26(25-22)16-17-8-2-1-3-9-17/h1-4,7-10,13H,5-6,11-12,14-16,28H2,(H,24,27). The molecule has 0 saturated heterocycles. The predicted octanol–water partition coefficient (Wildman–Crippen LogP) is 3.28. The third kappa shape index (κ3) is 4.18. The number of hydrogen-bond acceptors (Lipinski definition) is 2. The normalized spacial score (nSPS) is 13.2. The minimum absolute atomic E-state index is 0.0498. The van der Waals surface area contributed by atoms with Gasteiger partial charge in [-0.05, 0) is 48.5 Å². The second-order valence-electron chi connectivity index (χ2n) is 7.33. The van der Waals surface area contributed by atoms with Crippen molar-refractivity contribution in [3.8, 4) is 0 Å². The maximum atomic E-state index is 12.9. The van der Waals surface area contributed by atoms with Gasteiger partial charge in [0.1, 0.15) is 0 Å². The zero-order valence-electron chi connectivity index (χ0n) is 16.0. The lowest BCUT2D eigenvalue weighted by molar-refractivity contribution is 0.0947. The number of hydrogen-bond donors (Lipinski definition) is 1. The van der Waals surface area contributed by atoms with Gasteiger partial charge >= 0.3 is 0 Å². The van der Waals surface area contributed by atoms with Gasteiger partial charge < -0.3 is 5.32 Å². The molecule has 0 aliphatic heterocycles. The van der Waals surface area contributed by atoms with E-state index < -0.39 is 0 Å². The van der Waals surface area contributed by atoms with Crippen LogP contribution < -0.4 is 10.6 Å². The lowest BCUT2D eigenvalue weighted by atomic mass is 9.95. The van der Waals surface area contributed by atoms with E-state index in [1.54, 1.807) is 0 Å². The van der Waals surface area contributed by atoms with Crippen molar-refractivity contribution in [2.24, 2.45) is 0 Å². The third-order valence-corrected chi connectivity index (χ3v) is 5.95. The Bertz CT molecular complexity index is 965. The first-order chi connectivity index (χ1) is 13.7. The monoisotopic (exact) mass is 391 g/mol. The van der Waals surface area contributed by atoms with Crippen molar-refractivity contribution in [1.82, 2.24) is 15.1 Å². The van der Waals surface area contributed by atoms with Crippen molar-refractivity contribution in [1.29, 1.82) is 0 Å². The SMILES string of the molecule is O=C(NCCc1ccccc1P)c1nn(Cc2ccccc2)c2c1CCCC2. The molecule has 1 aromatic heterocycles. The largest absolute Gasteiger partial charge is 0.350 e. The van der Waals surface area contributed by atoms with E-state index in [-0.39, 0.29) is 5.91 Å². The number of aromatic nitrogens is 2. The molecule has 0 radical (unpaired) electrons. The molecule has 1 atom stereocenters. The summed E-state index contributed by atoms with van der Waals surface area (Å²) in [6.07, 6.45) is 5.06. The molecule has 3 aromatic rings. The number of rotatable bonds is 6. The van der Waals surface area contributed by atoms with Gasteiger partial charge in [-0.25, -0.2) is 0 Å². The minimum Gasteiger partial charge on any atom is -0.350 e. The van der Waals surface area contributed by atoms with E-state index in [0.717, 1.165) is 37.8 Å². The Morgan fingerprint density at radius 2 is 1.79 bits per heavy atom. The maximum Gasteiger partial charge on any atom is 0.272 e. The highest BCUT2D eigenvalue weighted by atomic mass is 31.0. The topological polar surface area (TPSA) is 46.9 Å². The predicted molar refractivity (Wildman–Crippen MR) is 116 cm³/mol. The molecule has 28 heavy (non-hydrogen) atoms. The molecule has 4 rings (SSSR count). The maximum absolute atomic E-state index is 12.9. The zero-order chi connectivity index (χ0) is 19.3. The average molecular weight is 391 g/mol. The molecular weight excluding hydrogens is 365 g/mol. The molecule has 1 N–H and O–H groups in total. The Hall–Kier alpha value is -2.45. The number of fused-ring (bicyclic) bond motifs is 1. The Morgan fingerprint density at radius 3 is 2.61 bits per heavy atom. The highest BCUT2D eigenvalue weighted by molar-refractivity contribution is 7.27. The number of amides is 1. The molecule has 144 valence electrons. The van der Waals surface area contributed by atoms with Gasteiger partial charge in [0.25, 0.3) is 5.91 Å². The van der Waals surface area contributed by atoms with Crippen LogP contribution in [-0.4, -0.2) is 22.2 Å². The van der Waals surface area contributed by atoms with Crippen LogP contribution in [0.2, 0.25) is 0 Å². The number of nitrogens with one attached hydrogen (secondary N) is 1. The molecule has 0 fully saturated rings.